The van der Waals surface area contributed by atoms with Crippen LogP contribution in [-0.4, -0.2) is 28.1 Å². The van der Waals surface area contributed by atoms with Crippen molar-refractivity contribution in [2.24, 2.45) is 0 Å². The second-order valence-corrected chi connectivity index (χ2v) is 3.91. The highest BCUT2D eigenvalue weighted by atomic mass is 35.5. The van der Waals surface area contributed by atoms with Gasteiger partial charge in [0.25, 0.3) is 5.91 Å². The Morgan fingerprint density at radius 2 is 1.93 bits per heavy atom. The third-order valence-corrected chi connectivity index (χ3v) is 2.43. The molecule has 4 heteroatoms. The van der Waals surface area contributed by atoms with Crippen molar-refractivity contribution in [2.45, 2.75) is 33.2 Å². The van der Waals surface area contributed by atoms with Crippen molar-refractivity contribution in [1.82, 2.24) is 4.90 Å². The molecular formula is C10H16ClNO2. The summed E-state index contributed by atoms with van der Waals surface area (Å²) < 4.78 is 0. The number of rotatable bonds is 3. The van der Waals surface area contributed by atoms with Crippen molar-refractivity contribution >= 4 is 23.4 Å². The van der Waals surface area contributed by atoms with Crippen molar-refractivity contribution in [3.8, 4) is 0 Å². The van der Waals surface area contributed by atoms with Gasteiger partial charge < -0.3 is 0 Å². The number of nitrogens with zero attached hydrogens (tertiary/aromatic N) is 1. The van der Waals surface area contributed by atoms with Crippen LogP contribution in [0.25, 0.3) is 0 Å². The molecule has 0 aromatic rings. The number of hydrogen-bond donors (Lipinski definition) is 0. The van der Waals surface area contributed by atoms with Crippen molar-refractivity contribution in [3.63, 3.8) is 0 Å². The number of alkyl halides is 1. The number of hydrogen-bond acceptors (Lipinski definition) is 2. The Hall–Kier alpha value is -0.830. The standard InChI is InChI=1S/C10H16ClNO2/c1-5-6-9(14)12(8(2)13)10(3,4)7-11/h5-6H,7H2,1-4H3/b6-5+. The van der Waals surface area contributed by atoms with Gasteiger partial charge in [-0.15, -0.1) is 11.6 Å². The predicted octanol–water partition coefficient (Wildman–Crippen LogP) is 1.96. The van der Waals surface area contributed by atoms with Gasteiger partial charge in [-0.05, 0) is 26.8 Å². The molecule has 0 aromatic carbocycles. The summed E-state index contributed by atoms with van der Waals surface area (Å²) >= 11 is 5.71. The van der Waals surface area contributed by atoms with E-state index < -0.39 is 5.54 Å². The molecule has 80 valence electrons. The fraction of sp³-hybridized carbons (Fsp3) is 0.600. The molecule has 0 saturated heterocycles. The van der Waals surface area contributed by atoms with E-state index in [9.17, 15) is 9.59 Å². The van der Waals surface area contributed by atoms with E-state index in [0.29, 0.717) is 0 Å². The molecule has 3 nitrogen and oxygen atoms in total. The van der Waals surface area contributed by atoms with Gasteiger partial charge in [-0.3, -0.25) is 14.5 Å². The van der Waals surface area contributed by atoms with E-state index in [1.807, 2.05) is 0 Å². The number of amides is 2. The number of allylic oxidation sites excluding steroid dienone is 1. The molecule has 0 aromatic heterocycles. The minimum absolute atomic E-state index is 0.218. The molecule has 0 aliphatic rings. The van der Waals surface area contributed by atoms with Gasteiger partial charge in [0.1, 0.15) is 0 Å². The highest BCUT2D eigenvalue weighted by Crippen LogP contribution is 2.17. The van der Waals surface area contributed by atoms with Crippen LogP contribution in [0.4, 0.5) is 0 Å². The zero-order valence-corrected chi connectivity index (χ0v) is 9.76. The number of halogens is 1. The summed E-state index contributed by atoms with van der Waals surface area (Å²) in [5, 5.41) is 0. The molecule has 0 aliphatic heterocycles. The molecule has 0 bridgehead atoms. The fourth-order valence-corrected chi connectivity index (χ4v) is 1.28. The molecule has 0 unspecified atom stereocenters. The smallest absolute Gasteiger partial charge is 0.253 e. The van der Waals surface area contributed by atoms with Crippen LogP contribution in [0, 0.1) is 0 Å². The highest BCUT2D eigenvalue weighted by Gasteiger charge is 2.31. The first kappa shape index (κ1) is 13.2. The average Bonchev–Trinajstić information content (AvgIpc) is 2.03. The van der Waals surface area contributed by atoms with E-state index >= 15 is 0 Å². The summed E-state index contributed by atoms with van der Waals surface area (Å²) in [5.41, 5.74) is -0.649. The number of carbonyl (C=O) groups is 2. The zero-order valence-electron chi connectivity index (χ0n) is 9.00. The maximum absolute atomic E-state index is 11.5. The van der Waals surface area contributed by atoms with E-state index in [4.69, 9.17) is 11.6 Å². The van der Waals surface area contributed by atoms with Crippen LogP contribution < -0.4 is 0 Å². The second-order valence-electron chi connectivity index (χ2n) is 3.64. The Morgan fingerprint density at radius 1 is 1.43 bits per heavy atom. The summed E-state index contributed by atoms with van der Waals surface area (Å²) in [6.45, 7) is 6.59. The van der Waals surface area contributed by atoms with E-state index in [0.717, 1.165) is 0 Å². The van der Waals surface area contributed by atoms with Gasteiger partial charge in [-0.1, -0.05) is 6.08 Å². The molecule has 0 fully saturated rings. The lowest BCUT2D eigenvalue weighted by atomic mass is 10.1. The lowest BCUT2D eigenvalue weighted by Gasteiger charge is -2.33. The lowest BCUT2D eigenvalue weighted by molar-refractivity contribution is -0.145. The quantitative estimate of drug-likeness (QED) is 0.535. The molecular weight excluding hydrogens is 202 g/mol. The third kappa shape index (κ3) is 3.14. The highest BCUT2D eigenvalue weighted by molar-refractivity contribution is 6.19. The molecule has 2 amide bonds. The van der Waals surface area contributed by atoms with Crippen molar-refractivity contribution in [3.05, 3.63) is 12.2 Å². The third-order valence-electron chi connectivity index (χ3n) is 1.78. The lowest BCUT2D eigenvalue weighted by Crippen LogP contribution is -2.51. The van der Waals surface area contributed by atoms with Crippen LogP contribution in [0.3, 0.4) is 0 Å². The van der Waals surface area contributed by atoms with Gasteiger partial charge in [0.2, 0.25) is 5.91 Å². The monoisotopic (exact) mass is 217 g/mol. The minimum Gasteiger partial charge on any atom is -0.275 e. The van der Waals surface area contributed by atoms with Crippen molar-refractivity contribution in [2.75, 3.05) is 5.88 Å². The first-order valence-electron chi connectivity index (χ1n) is 4.40. The molecule has 0 N–H and O–H groups in total. The van der Waals surface area contributed by atoms with Gasteiger partial charge in [0.05, 0.1) is 5.54 Å². The molecule has 0 saturated carbocycles. The Balaban J connectivity index is 4.96. The van der Waals surface area contributed by atoms with Gasteiger partial charge in [0, 0.05) is 12.8 Å². The largest absolute Gasteiger partial charge is 0.275 e. The van der Waals surface area contributed by atoms with Crippen LogP contribution in [0.1, 0.15) is 27.7 Å². The molecule has 0 heterocycles. The van der Waals surface area contributed by atoms with Crippen molar-refractivity contribution < 1.29 is 9.59 Å². The average molecular weight is 218 g/mol. The Morgan fingerprint density at radius 3 is 2.21 bits per heavy atom. The first-order valence-corrected chi connectivity index (χ1v) is 4.93. The van der Waals surface area contributed by atoms with E-state index in [1.54, 1.807) is 26.8 Å². The normalized spacial score (nSPS) is 11.8. The molecule has 0 aliphatic carbocycles. The summed E-state index contributed by atoms with van der Waals surface area (Å²) in [4.78, 5) is 24.0. The minimum atomic E-state index is -0.649. The van der Waals surface area contributed by atoms with Gasteiger partial charge >= 0.3 is 0 Å². The predicted molar refractivity (Wildman–Crippen MR) is 57.1 cm³/mol. The maximum atomic E-state index is 11.5. The Bertz CT molecular complexity index is 259. The summed E-state index contributed by atoms with van der Waals surface area (Å²) in [5.74, 6) is -0.403. The Kier molecular flexibility index (Phi) is 4.85. The molecule has 0 atom stereocenters. The van der Waals surface area contributed by atoms with Crippen molar-refractivity contribution in [1.29, 1.82) is 0 Å². The Labute approximate surface area is 89.7 Å². The fourth-order valence-electron chi connectivity index (χ4n) is 1.16. The topological polar surface area (TPSA) is 37.4 Å². The first-order chi connectivity index (χ1) is 6.36. The number of carbonyl (C=O) groups excluding carboxylic acids is 2. The molecule has 0 rings (SSSR count). The zero-order chi connectivity index (χ0) is 11.4. The second kappa shape index (κ2) is 5.15. The van der Waals surface area contributed by atoms with E-state index in [1.165, 1.54) is 17.9 Å². The number of imide groups is 1. The maximum Gasteiger partial charge on any atom is 0.253 e. The molecule has 0 radical (unpaired) electrons. The van der Waals surface area contributed by atoms with E-state index in [-0.39, 0.29) is 17.7 Å². The van der Waals surface area contributed by atoms with Gasteiger partial charge in [-0.2, -0.15) is 0 Å². The van der Waals surface area contributed by atoms with Crippen LogP contribution in [0.5, 0.6) is 0 Å². The van der Waals surface area contributed by atoms with Gasteiger partial charge in [0.15, 0.2) is 0 Å². The van der Waals surface area contributed by atoms with Crippen LogP contribution in [0.2, 0.25) is 0 Å². The summed E-state index contributed by atoms with van der Waals surface area (Å²) in [6.07, 6.45) is 2.96. The summed E-state index contributed by atoms with van der Waals surface area (Å²) in [7, 11) is 0. The SMILES string of the molecule is C/C=C/C(=O)N(C(C)=O)C(C)(C)CCl. The van der Waals surface area contributed by atoms with Crippen LogP contribution >= 0.6 is 11.6 Å². The summed E-state index contributed by atoms with van der Waals surface area (Å²) in [6, 6.07) is 0. The van der Waals surface area contributed by atoms with Crippen LogP contribution in [0.15, 0.2) is 12.2 Å². The van der Waals surface area contributed by atoms with E-state index in [2.05, 4.69) is 0 Å². The van der Waals surface area contributed by atoms with Crippen LogP contribution in [-0.2, 0) is 9.59 Å². The molecule has 0 spiro atoms. The molecule has 14 heavy (non-hydrogen) atoms. The van der Waals surface area contributed by atoms with Gasteiger partial charge in [-0.25, -0.2) is 0 Å².